The van der Waals surface area contributed by atoms with Crippen molar-refractivity contribution in [2.24, 2.45) is 0 Å². The van der Waals surface area contributed by atoms with Gasteiger partial charge in [0.1, 0.15) is 11.9 Å². The summed E-state index contributed by atoms with van der Waals surface area (Å²) < 4.78 is 10.2. The lowest BCUT2D eigenvalue weighted by atomic mass is 10.2. The fraction of sp³-hybridized carbons (Fsp3) is 0.308. The van der Waals surface area contributed by atoms with Crippen LogP contribution in [0.5, 0.6) is 5.75 Å². The molecule has 0 aliphatic heterocycles. The highest BCUT2D eigenvalue weighted by molar-refractivity contribution is 5.89. The van der Waals surface area contributed by atoms with Gasteiger partial charge in [0.25, 0.3) is 0 Å². The molecule has 1 aromatic rings. The van der Waals surface area contributed by atoms with E-state index in [4.69, 9.17) is 4.74 Å². The highest BCUT2D eigenvalue weighted by Gasteiger charge is 2.17. The summed E-state index contributed by atoms with van der Waals surface area (Å²) in [6.45, 7) is 0. The van der Waals surface area contributed by atoms with Crippen molar-refractivity contribution in [1.82, 2.24) is 0 Å². The van der Waals surface area contributed by atoms with Gasteiger partial charge in [-0.05, 0) is 30.3 Å². The maximum absolute atomic E-state index is 11.2. The minimum Gasteiger partial charge on any atom is -0.486 e. The number of methoxy groups -OCH3 is 1. The second-order valence-electron chi connectivity index (χ2n) is 3.86. The van der Waals surface area contributed by atoms with Crippen LogP contribution in [-0.4, -0.2) is 30.4 Å². The molecule has 90 valence electrons. The molecule has 1 aliphatic rings. The average Bonchev–Trinajstić information content (AvgIpc) is 2.75. The van der Waals surface area contributed by atoms with E-state index in [0.29, 0.717) is 17.7 Å². The molecule has 4 nitrogen and oxygen atoms in total. The molecule has 1 aromatic carbocycles. The van der Waals surface area contributed by atoms with E-state index in [1.165, 1.54) is 7.11 Å². The molecule has 0 radical (unpaired) electrons. The largest absolute Gasteiger partial charge is 0.486 e. The Bertz CT molecular complexity index is 422. The van der Waals surface area contributed by atoms with Crippen LogP contribution in [-0.2, 0) is 4.74 Å². The fourth-order valence-electron chi connectivity index (χ4n) is 1.70. The molecule has 17 heavy (non-hydrogen) atoms. The third-order valence-electron chi connectivity index (χ3n) is 2.58. The van der Waals surface area contributed by atoms with Crippen molar-refractivity contribution in [2.45, 2.75) is 18.6 Å². The van der Waals surface area contributed by atoms with Gasteiger partial charge in [-0.25, -0.2) is 4.79 Å². The van der Waals surface area contributed by atoms with Crippen molar-refractivity contribution in [1.29, 1.82) is 0 Å². The van der Waals surface area contributed by atoms with Crippen LogP contribution in [0, 0.1) is 0 Å². The van der Waals surface area contributed by atoms with E-state index in [-0.39, 0.29) is 12.1 Å². The smallest absolute Gasteiger partial charge is 0.337 e. The van der Waals surface area contributed by atoms with Gasteiger partial charge < -0.3 is 14.6 Å². The zero-order valence-corrected chi connectivity index (χ0v) is 9.50. The zero-order chi connectivity index (χ0) is 12.3. The quantitative estimate of drug-likeness (QED) is 0.636. The molecule has 1 unspecified atom stereocenters. The Labute approximate surface area is 99.5 Å². The van der Waals surface area contributed by atoms with Gasteiger partial charge in [-0.3, -0.25) is 0 Å². The molecule has 0 heterocycles. The third-order valence-corrected chi connectivity index (χ3v) is 2.58. The Morgan fingerprint density at radius 1 is 1.29 bits per heavy atom. The molecular weight excluding hydrogens is 220 g/mol. The van der Waals surface area contributed by atoms with E-state index >= 15 is 0 Å². The SMILES string of the molecule is COC(=O)c1ccc(OC2C=C[C@@H](O)C2)cc1. The molecule has 0 bridgehead atoms. The number of aliphatic hydroxyl groups is 1. The number of rotatable bonds is 3. The van der Waals surface area contributed by atoms with Gasteiger partial charge in [-0.15, -0.1) is 0 Å². The van der Waals surface area contributed by atoms with Gasteiger partial charge in [0, 0.05) is 6.42 Å². The normalized spacial score (nSPS) is 22.5. The lowest BCUT2D eigenvalue weighted by Crippen LogP contribution is -2.14. The lowest BCUT2D eigenvalue weighted by Gasteiger charge is -2.12. The number of benzene rings is 1. The standard InChI is InChI=1S/C13H14O4/c1-16-13(15)9-2-5-11(6-3-9)17-12-7-4-10(14)8-12/h2-7,10,12,14H,8H2,1H3/t10-,12?/m1/s1. The van der Waals surface area contributed by atoms with Crippen LogP contribution in [0.25, 0.3) is 0 Å². The highest BCUT2D eigenvalue weighted by Crippen LogP contribution is 2.20. The molecule has 0 saturated carbocycles. The molecule has 0 saturated heterocycles. The van der Waals surface area contributed by atoms with E-state index in [1.807, 2.05) is 6.08 Å². The Morgan fingerprint density at radius 2 is 2.00 bits per heavy atom. The molecule has 0 fully saturated rings. The first-order chi connectivity index (χ1) is 8.19. The molecule has 0 amide bonds. The molecule has 1 N–H and O–H groups in total. The maximum Gasteiger partial charge on any atom is 0.337 e. The number of hydrogen-bond acceptors (Lipinski definition) is 4. The fourth-order valence-corrected chi connectivity index (χ4v) is 1.70. The predicted octanol–water partition coefficient (Wildman–Crippen LogP) is 1.54. The molecule has 1 aliphatic carbocycles. The van der Waals surface area contributed by atoms with E-state index in [0.717, 1.165) is 0 Å². The van der Waals surface area contributed by atoms with Gasteiger partial charge in [0.2, 0.25) is 0 Å². The number of carbonyl (C=O) groups excluding carboxylic acids is 1. The summed E-state index contributed by atoms with van der Waals surface area (Å²) in [7, 11) is 1.34. The van der Waals surface area contributed by atoms with Crippen molar-refractivity contribution in [3.63, 3.8) is 0 Å². The minimum absolute atomic E-state index is 0.103. The van der Waals surface area contributed by atoms with Gasteiger partial charge in [0.15, 0.2) is 0 Å². The Balaban J connectivity index is 1.99. The monoisotopic (exact) mass is 234 g/mol. The number of esters is 1. The number of ether oxygens (including phenoxy) is 2. The summed E-state index contributed by atoms with van der Waals surface area (Å²) in [6.07, 6.45) is 3.59. The molecule has 0 aromatic heterocycles. The maximum atomic E-state index is 11.2. The first-order valence-corrected chi connectivity index (χ1v) is 5.40. The van der Waals surface area contributed by atoms with Crippen LogP contribution in [0.1, 0.15) is 16.8 Å². The number of hydrogen-bond donors (Lipinski definition) is 1. The second-order valence-corrected chi connectivity index (χ2v) is 3.86. The second kappa shape index (κ2) is 5.01. The van der Waals surface area contributed by atoms with E-state index in [1.54, 1.807) is 30.3 Å². The summed E-state index contributed by atoms with van der Waals surface area (Å²) in [6, 6.07) is 6.72. The van der Waals surface area contributed by atoms with Gasteiger partial charge in [-0.1, -0.05) is 6.08 Å². The van der Waals surface area contributed by atoms with Crippen LogP contribution in [0.2, 0.25) is 0 Å². The van der Waals surface area contributed by atoms with Crippen molar-refractivity contribution in [3.8, 4) is 5.75 Å². The van der Waals surface area contributed by atoms with E-state index < -0.39 is 6.10 Å². The Kier molecular flexibility index (Phi) is 3.44. The van der Waals surface area contributed by atoms with Crippen LogP contribution in [0.3, 0.4) is 0 Å². The molecule has 0 spiro atoms. The lowest BCUT2D eigenvalue weighted by molar-refractivity contribution is 0.0600. The summed E-state index contributed by atoms with van der Waals surface area (Å²) in [5, 5.41) is 9.30. The van der Waals surface area contributed by atoms with E-state index in [2.05, 4.69) is 4.74 Å². The Morgan fingerprint density at radius 3 is 2.53 bits per heavy atom. The molecule has 4 heteroatoms. The van der Waals surface area contributed by atoms with Gasteiger partial charge in [-0.2, -0.15) is 0 Å². The number of carbonyl (C=O) groups is 1. The third kappa shape index (κ3) is 2.85. The first-order valence-electron chi connectivity index (χ1n) is 5.40. The first kappa shape index (κ1) is 11.7. The number of aliphatic hydroxyl groups excluding tert-OH is 1. The van der Waals surface area contributed by atoms with Gasteiger partial charge in [0.05, 0.1) is 18.8 Å². The minimum atomic E-state index is -0.422. The van der Waals surface area contributed by atoms with Crippen molar-refractivity contribution < 1.29 is 19.4 Å². The van der Waals surface area contributed by atoms with Crippen LogP contribution >= 0.6 is 0 Å². The average molecular weight is 234 g/mol. The van der Waals surface area contributed by atoms with Crippen LogP contribution < -0.4 is 4.74 Å². The topological polar surface area (TPSA) is 55.8 Å². The van der Waals surface area contributed by atoms with Crippen molar-refractivity contribution in [3.05, 3.63) is 42.0 Å². The Hall–Kier alpha value is -1.81. The van der Waals surface area contributed by atoms with Crippen molar-refractivity contribution in [2.75, 3.05) is 7.11 Å². The summed E-state index contributed by atoms with van der Waals surface area (Å²) >= 11 is 0. The summed E-state index contributed by atoms with van der Waals surface area (Å²) in [4.78, 5) is 11.2. The van der Waals surface area contributed by atoms with Crippen LogP contribution in [0.15, 0.2) is 36.4 Å². The molecular formula is C13H14O4. The highest BCUT2D eigenvalue weighted by atomic mass is 16.5. The zero-order valence-electron chi connectivity index (χ0n) is 9.50. The predicted molar refractivity (Wildman–Crippen MR) is 62.0 cm³/mol. The molecule has 2 atom stereocenters. The van der Waals surface area contributed by atoms with E-state index in [9.17, 15) is 9.90 Å². The summed E-state index contributed by atoms with van der Waals surface area (Å²) in [5.74, 6) is 0.300. The van der Waals surface area contributed by atoms with Crippen molar-refractivity contribution >= 4 is 5.97 Å². The van der Waals surface area contributed by atoms with Crippen LogP contribution in [0.4, 0.5) is 0 Å². The van der Waals surface area contributed by atoms with Gasteiger partial charge >= 0.3 is 5.97 Å². The molecule has 2 rings (SSSR count). The summed E-state index contributed by atoms with van der Waals surface area (Å²) in [5.41, 5.74) is 0.488.